The van der Waals surface area contributed by atoms with Crippen LogP contribution in [0.3, 0.4) is 0 Å². The maximum Gasteiger partial charge on any atom is 0.362 e. The number of hydrogen-bond donors (Lipinski definition) is 1. The van der Waals surface area contributed by atoms with Crippen LogP contribution in [0.2, 0.25) is 0 Å². The number of aromatic amines is 1. The Morgan fingerprint density at radius 3 is 2.43 bits per heavy atom. The van der Waals surface area contributed by atoms with Crippen molar-refractivity contribution in [2.45, 2.75) is 20.4 Å². The first-order valence-electron chi connectivity index (χ1n) is 7.15. The number of H-pyrrole nitrogens is 1. The molecule has 0 saturated carbocycles. The molecule has 0 aliphatic carbocycles. The Hall–Kier alpha value is -1.13. The van der Waals surface area contributed by atoms with Gasteiger partial charge in [0, 0.05) is 23.6 Å². The molecule has 0 spiro atoms. The second-order valence-electron chi connectivity index (χ2n) is 5.08. The Morgan fingerprint density at radius 2 is 1.86 bits per heavy atom. The third-order valence-corrected chi connectivity index (χ3v) is 5.30. The summed E-state index contributed by atoms with van der Waals surface area (Å²) in [6, 6.07) is 5.68. The molecule has 6 heteroatoms. The molecule has 5 nitrogen and oxygen atoms in total. The Labute approximate surface area is 125 Å². The molecule has 0 atom stereocenters. The van der Waals surface area contributed by atoms with Gasteiger partial charge in [0.15, 0.2) is 0 Å². The number of nitrogens with one attached hydrogen (secondary N) is 1. The van der Waals surface area contributed by atoms with Crippen LogP contribution in [0.1, 0.15) is 19.4 Å². The molecule has 2 aromatic rings. The third kappa shape index (κ3) is 3.38. The van der Waals surface area contributed by atoms with Gasteiger partial charge < -0.3 is 18.9 Å². The maximum atomic E-state index is 13.1. The Balaban J connectivity index is 2.61. The van der Waals surface area contributed by atoms with Gasteiger partial charge in [-0.05, 0) is 45.6 Å². The number of benzene rings is 1. The molecule has 116 valence electrons. The van der Waals surface area contributed by atoms with Crippen LogP contribution < -0.4 is 5.30 Å². The topological polar surface area (TPSA) is 54.6 Å². The van der Waals surface area contributed by atoms with Gasteiger partial charge in [0.1, 0.15) is 0 Å². The minimum absolute atomic E-state index is 0.348. The fraction of sp³-hybridized carbons (Fsp3) is 0.467. The minimum atomic E-state index is -3.29. The molecule has 0 aliphatic heterocycles. The van der Waals surface area contributed by atoms with Gasteiger partial charge in [0.05, 0.1) is 18.5 Å². The van der Waals surface area contributed by atoms with Crippen molar-refractivity contribution >= 4 is 23.8 Å². The molecular formula is C15H23N2O3P. The fourth-order valence-corrected chi connectivity index (χ4v) is 4.28. The summed E-state index contributed by atoms with van der Waals surface area (Å²) in [5, 5.41) is 1.58. The fourth-order valence-electron chi connectivity index (χ4n) is 2.44. The first-order valence-corrected chi connectivity index (χ1v) is 8.69. The lowest BCUT2D eigenvalue weighted by molar-refractivity contribution is 0.230. The van der Waals surface area contributed by atoms with Crippen LogP contribution in [0.4, 0.5) is 0 Å². The van der Waals surface area contributed by atoms with Gasteiger partial charge in [-0.25, -0.2) is 0 Å². The van der Waals surface area contributed by atoms with Crippen LogP contribution in [-0.4, -0.2) is 37.2 Å². The van der Waals surface area contributed by atoms with Crippen molar-refractivity contribution in [2.75, 3.05) is 27.3 Å². The van der Waals surface area contributed by atoms with Crippen molar-refractivity contribution in [3.05, 3.63) is 30.0 Å². The molecule has 2 rings (SSSR count). The number of rotatable bonds is 7. The third-order valence-electron chi connectivity index (χ3n) is 3.15. The molecule has 0 saturated heterocycles. The van der Waals surface area contributed by atoms with E-state index < -0.39 is 7.60 Å². The standard InChI is InChI=1S/C15H23N2O3P/c1-5-19-21(18,20-6-2)14-9-7-8-13-15(14)12(10-16-13)11-17(3)4/h7-10,16H,5-6,11H2,1-4H3. The van der Waals surface area contributed by atoms with E-state index in [-0.39, 0.29) is 0 Å². The summed E-state index contributed by atoms with van der Waals surface area (Å²) in [6.45, 7) is 5.10. The van der Waals surface area contributed by atoms with E-state index in [1.165, 1.54) is 0 Å². The first kappa shape index (κ1) is 16.2. The van der Waals surface area contributed by atoms with Crippen molar-refractivity contribution in [1.29, 1.82) is 0 Å². The number of hydrogen-bond acceptors (Lipinski definition) is 4. The van der Waals surface area contributed by atoms with Crippen LogP contribution in [0.5, 0.6) is 0 Å². The van der Waals surface area contributed by atoms with E-state index in [4.69, 9.17) is 9.05 Å². The zero-order valence-corrected chi connectivity index (χ0v) is 13.9. The molecule has 1 N–H and O–H groups in total. The molecule has 0 unspecified atom stereocenters. The Kier molecular flexibility index (Phi) is 5.22. The molecule has 1 aromatic heterocycles. The van der Waals surface area contributed by atoms with Gasteiger partial charge in [-0.15, -0.1) is 0 Å². The van der Waals surface area contributed by atoms with Gasteiger partial charge in [-0.1, -0.05) is 6.07 Å². The van der Waals surface area contributed by atoms with E-state index in [1.807, 2.05) is 52.3 Å². The molecule has 0 amide bonds. The minimum Gasteiger partial charge on any atom is -0.361 e. The average Bonchev–Trinajstić information content (AvgIpc) is 2.82. The van der Waals surface area contributed by atoms with Gasteiger partial charge in [-0.3, -0.25) is 4.57 Å². The van der Waals surface area contributed by atoms with E-state index in [0.29, 0.717) is 18.5 Å². The highest BCUT2D eigenvalue weighted by molar-refractivity contribution is 7.62. The Morgan fingerprint density at radius 1 is 1.19 bits per heavy atom. The van der Waals surface area contributed by atoms with Crippen LogP contribution in [0.25, 0.3) is 10.9 Å². The van der Waals surface area contributed by atoms with E-state index in [9.17, 15) is 4.57 Å². The van der Waals surface area contributed by atoms with Gasteiger partial charge in [-0.2, -0.15) is 0 Å². The smallest absolute Gasteiger partial charge is 0.361 e. The van der Waals surface area contributed by atoms with E-state index >= 15 is 0 Å². The highest BCUT2D eigenvalue weighted by Gasteiger charge is 2.30. The second kappa shape index (κ2) is 6.75. The summed E-state index contributed by atoms with van der Waals surface area (Å²) < 4.78 is 24.1. The molecule has 0 bridgehead atoms. The highest BCUT2D eigenvalue weighted by atomic mass is 31.2. The van der Waals surface area contributed by atoms with E-state index in [1.54, 1.807) is 0 Å². The van der Waals surface area contributed by atoms with Crippen molar-refractivity contribution in [3.8, 4) is 0 Å². The van der Waals surface area contributed by atoms with Crippen LogP contribution >= 0.6 is 7.60 Å². The Bertz CT molecular complexity index is 641. The first-order chi connectivity index (χ1) is 10.0. The molecule has 21 heavy (non-hydrogen) atoms. The average molecular weight is 310 g/mol. The quantitative estimate of drug-likeness (QED) is 0.798. The predicted molar refractivity (Wildman–Crippen MR) is 86.2 cm³/mol. The van der Waals surface area contributed by atoms with Crippen LogP contribution in [0.15, 0.2) is 24.4 Å². The summed E-state index contributed by atoms with van der Waals surface area (Å²) in [5.74, 6) is 0. The van der Waals surface area contributed by atoms with E-state index in [0.717, 1.165) is 23.0 Å². The number of aromatic nitrogens is 1. The van der Waals surface area contributed by atoms with Gasteiger partial charge >= 0.3 is 7.60 Å². The van der Waals surface area contributed by atoms with E-state index in [2.05, 4.69) is 9.88 Å². The molecule has 0 aliphatic rings. The van der Waals surface area contributed by atoms with Crippen molar-refractivity contribution < 1.29 is 13.6 Å². The number of nitrogens with zero attached hydrogens (tertiary/aromatic N) is 1. The van der Waals surface area contributed by atoms with Gasteiger partial charge in [0.2, 0.25) is 0 Å². The largest absolute Gasteiger partial charge is 0.362 e. The van der Waals surface area contributed by atoms with Crippen LogP contribution in [-0.2, 0) is 20.2 Å². The monoisotopic (exact) mass is 310 g/mol. The van der Waals surface area contributed by atoms with Crippen molar-refractivity contribution in [3.63, 3.8) is 0 Å². The molecule has 1 heterocycles. The maximum absolute atomic E-state index is 13.1. The molecule has 0 radical (unpaired) electrons. The lowest BCUT2D eigenvalue weighted by Crippen LogP contribution is -2.15. The summed E-state index contributed by atoms with van der Waals surface area (Å²) in [6.07, 6.45) is 1.95. The SMILES string of the molecule is CCOP(=O)(OCC)c1cccc2[nH]cc(CN(C)C)c12. The van der Waals surface area contributed by atoms with Crippen LogP contribution in [0, 0.1) is 0 Å². The second-order valence-corrected chi connectivity index (χ2v) is 7.08. The zero-order valence-electron chi connectivity index (χ0n) is 13.0. The lowest BCUT2D eigenvalue weighted by Gasteiger charge is -2.19. The normalized spacial score (nSPS) is 12.4. The number of fused-ring (bicyclic) bond motifs is 1. The lowest BCUT2D eigenvalue weighted by atomic mass is 10.1. The molecule has 1 aromatic carbocycles. The van der Waals surface area contributed by atoms with Crippen molar-refractivity contribution in [2.24, 2.45) is 0 Å². The molecular weight excluding hydrogens is 287 g/mol. The summed E-state index contributed by atoms with van der Waals surface area (Å²) in [7, 11) is 0.719. The summed E-state index contributed by atoms with van der Waals surface area (Å²) in [5.41, 5.74) is 2.04. The summed E-state index contributed by atoms with van der Waals surface area (Å²) in [4.78, 5) is 5.31. The predicted octanol–water partition coefficient (Wildman–Crippen LogP) is 3.12. The molecule has 0 fully saturated rings. The van der Waals surface area contributed by atoms with Crippen molar-refractivity contribution in [1.82, 2.24) is 9.88 Å². The zero-order chi connectivity index (χ0) is 15.5. The van der Waals surface area contributed by atoms with Gasteiger partial charge in [0.25, 0.3) is 0 Å². The highest BCUT2D eigenvalue weighted by Crippen LogP contribution is 2.48. The summed E-state index contributed by atoms with van der Waals surface area (Å²) >= 11 is 0.